The largest absolute Gasteiger partial charge is 0.489 e. The third kappa shape index (κ3) is 3.36. The molecule has 0 atom stereocenters. The van der Waals surface area contributed by atoms with Crippen molar-refractivity contribution >= 4 is 28.3 Å². The number of hydrogen-bond donors (Lipinski definition) is 1. The molecule has 2 N–H and O–H groups in total. The summed E-state index contributed by atoms with van der Waals surface area (Å²) in [6.45, 7) is 2.56. The number of aryl methyl sites for hydroxylation is 1. The normalized spacial score (nSPS) is 10.2. The SMILES string of the molecule is Cc1cc(OCc2ccc(I)cc2)ccc1N. The minimum atomic E-state index is 0.584. The third-order valence-corrected chi connectivity index (χ3v) is 3.28. The zero-order valence-corrected chi connectivity index (χ0v) is 11.8. The Morgan fingerprint density at radius 1 is 1.12 bits per heavy atom. The van der Waals surface area contributed by atoms with Crippen LogP contribution in [0.3, 0.4) is 0 Å². The summed E-state index contributed by atoms with van der Waals surface area (Å²) in [5.41, 5.74) is 8.77. The molecule has 0 aliphatic carbocycles. The average Bonchev–Trinajstić information content (AvgIpc) is 2.33. The molecule has 0 spiro atoms. The Bertz CT molecular complexity index is 508. The van der Waals surface area contributed by atoms with Gasteiger partial charge in [-0.2, -0.15) is 0 Å². The fraction of sp³-hybridized carbons (Fsp3) is 0.143. The van der Waals surface area contributed by atoms with Gasteiger partial charge in [-0.3, -0.25) is 0 Å². The Morgan fingerprint density at radius 3 is 2.47 bits per heavy atom. The van der Waals surface area contributed by atoms with Gasteiger partial charge in [0.1, 0.15) is 12.4 Å². The van der Waals surface area contributed by atoms with Gasteiger partial charge < -0.3 is 10.5 Å². The first-order chi connectivity index (χ1) is 8.15. The van der Waals surface area contributed by atoms with E-state index >= 15 is 0 Å². The van der Waals surface area contributed by atoms with Gasteiger partial charge in [-0.15, -0.1) is 0 Å². The monoisotopic (exact) mass is 339 g/mol. The van der Waals surface area contributed by atoms with Crippen molar-refractivity contribution in [1.82, 2.24) is 0 Å². The summed E-state index contributed by atoms with van der Waals surface area (Å²) in [4.78, 5) is 0. The van der Waals surface area contributed by atoms with Crippen molar-refractivity contribution in [3.63, 3.8) is 0 Å². The van der Waals surface area contributed by atoms with Crippen LogP contribution in [0.1, 0.15) is 11.1 Å². The molecule has 0 saturated heterocycles. The zero-order valence-electron chi connectivity index (χ0n) is 9.61. The minimum absolute atomic E-state index is 0.584. The van der Waals surface area contributed by atoms with E-state index in [2.05, 4.69) is 46.9 Å². The number of halogens is 1. The minimum Gasteiger partial charge on any atom is -0.489 e. The lowest BCUT2D eigenvalue weighted by atomic mass is 10.2. The van der Waals surface area contributed by atoms with Gasteiger partial charge in [-0.1, -0.05) is 12.1 Å². The van der Waals surface area contributed by atoms with Crippen LogP contribution in [0.25, 0.3) is 0 Å². The van der Waals surface area contributed by atoms with Gasteiger partial charge in [-0.25, -0.2) is 0 Å². The highest BCUT2D eigenvalue weighted by Gasteiger charge is 1.99. The summed E-state index contributed by atoms with van der Waals surface area (Å²) in [5.74, 6) is 0.857. The molecule has 0 aliphatic rings. The van der Waals surface area contributed by atoms with Crippen LogP contribution < -0.4 is 10.5 Å². The number of anilines is 1. The molecule has 2 rings (SSSR count). The summed E-state index contributed by atoms with van der Waals surface area (Å²) in [6, 6.07) is 14.0. The van der Waals surface area contributed by atoms with Gasteiger partial charge in [0.2, 0.25) is 0 Å². The lowest BCUT2D eigenvalue weighted by Gasteiger charge is -2.08. The van der Waals surface area contributed by atoms with Crippen LogP contribution in [-0.4, -0.2) is 0 Å². The number of ether oxygens (including phenoxy) is 1. The number of benzene rings is 2. The van der Waals surface area contributed by atoms with E-state index in [0.717, 1.165) is 17.0 Å². The predicted molar refractivity (Wildman–Crippen MR) is 79.1 cm³/mol. The van der Waals surface area contributed by atoms with Crippen LogP contribution >= 0.6 is 22.6 Å². The zero-order chi connectivity index (χ0) is 12.3. The average molecular weight is 339 g/mol. The number of rotatable bonds is 3. The van der Waals surface area contributed by atoms with Gasteiger partial charge in [-0.05, 0) is 71.0 Å². The van der Waals surface area contributed by atoms with Gasteiger partial charge in [0.05, 0.1) is 0 Å². The molecule has 0 heterocycles. The van der Waals surface area contributed by atoms with E-state index in [9.17, 15) is 0 Å². The standard InChI is InChI=1S/C14H14INO/c1-10-8-13(6-7-14(10)16)17-9-11-2-4-12(15)5-3-11/h2-8H,9,16H2,1H3. The van der Waals surface area contributed by atoms with E-state index in [1.807, 2.05) is 25.1 Å². The van der Waals surface area contributed by atoms with E-state index in [4.69, 9.17) is 10.5 Å². The maximum Gasteiger partial charge on any atom is 0.120 e. The second-order valence-electron chi connectivity index (χ2n) is 3.93. The molecule has 0 amide bonds. The van der Waals surface area contributed by atoms with Crippen molar-refractivity contribution in [3.8, 4) is 5.75 Å². The second-order valence-corrected chi connectivity index (χ2v) is 5.18. The molecule has 0 unspecified atom stereocenters. The molecule has 0 radical (unpaired) electrons. The van der Waals surface area contributed by atoms with Crippen LogP contribution in [0.4, 0.5) is 5.69 Å². The van der Waals surface area contributed by atoms with Crippen LogP contribution in [0.2, 0.25) is 0 Å². The maximum atomic E-state index is 5.76. The topological polar surface area (TPSA) is 35.2 Å². The van der Waals surface area contributed by atoms with E-state index < -0.39 is 0 Å². The third-order valence-electron chi connectivity index (χ3n) is 2.56. The molecule has 2 aromatic rings. The molecule has 2 nitrogen and oxygen atoms in total. The first kappa shape index (κ1) is 12.2. The van der Waals surface area contributed by atoms with Crippen molar-refractivity contribution in [2.24, 2.45) is 0 Å². The van der Waals surface area contributed by atoms with Crippen LogP contribution in [-0.2, 0) is 6.61 Å². The molecule has 88 valence electrons. The molecule has 0 saturated carbocycles. The summed E-state index contributed by atoms with van der Waals surface area (Å²) in [7, 11) is 0. The molecule has 2 aromatic carbocycles. The Labute approximate surface area is 115 Å². The van der Waals surface area contributed by atoms with Crippen molar-refractivity contribution in [2.45, 2.75) is 13.5 Å². The summed E-state index contributed by atoms with van der Waals surface area (Å²) < 4.78 is 6.94. The highest BCUT2D eigenvalue weighted by Crippen LogP contribution is 2.19. The molecular weight excluding hydrogens is 325 g/mol. The van der Waals surface area contributed by atoms with Crippen molar-refractivity contribution < 1.29 is 4.74 Å². The Hall–Kier alpha value is -1.23. The fourth-order valence-electron chi connectivity index (χ4n) is 1.49. The smallest absolute Gasteiger partial charge is 0.120 e. The van der Waals surface area contributed by atoms with Crippen LogP contribution in [0.5, 0.6) is 5.75 Å². The molecular formula is C14H14INO. The van der Waals surface area contributed by atoms with Crippen molar-refractivity contribution in [3.05, 3.63) is 57.2 Å². The number of nitrogen functional groups attached to an aromatic ring is 1. The highest BCUT2D eigenvalue weighted by molar-refractivity contribution is 14.1. The lowest BCUT2D eigenvalue weighted by molar-refractivity contribution is 0.306. The molecule has 0 fully saturated rings. The summed E-state index contributed by atoms with van der Waals surface area (Å²) in [5, 5.41) is 0. The first-order valence-electron chi connectivity index (χ1n) is 5.38. The van der Waals surface area contributed by atoms with Gasteiger partial charge in [0.25, 0.3) is 0 Å². The lowest BCUT2D eigenvalue weighted by Crippen LogP contribution is -1.96. The first-order valence-corrected chi connectivity index (χ1v) is 6.46. The van der Waals surface area contributed by atoms with Gasteiger partial charge in [0, 0.05) is 9.26 Å². The Kier molecular flexibility index (Phi) is 3.89. The second kappa shape index (κ2) is 5.40. The summed E-state index contributed by atoms with van der Waals surface area (Å²) >= 11 is 2.29. The van der Waals surface area contributed by atoms with E-state index in [0.29, 0.717) is 6.61 Å². The molecule has 0 bridgehead atoms. The summed E-state index contributed by atoms with van der Waals surface area (Å²) in [6.07, 6.45) is 0. The van der Waals surface area contributed by atoms with Gasteiger partial charge >= 0.3 is 0 Å². The van der Waals surface area contributed by atoms with E-state index in [1.54, 1.807) is 0 Å². The van der Waals surface area contributed by atoms with Crippen LogP contribution in [0.15, 0.2) is 42.5 Å². The highest BCUT2D eigenvalue weighted by atomic mass is 127. The van der Waals surface area contributed by atoms with Crippen molar-refractivity contribution in [2.75, 3.05) is 5.73 Å². The Morgan fingerprint density at radius 2 is 1.82 bits per heavy atom. The fourth-order valence-corrected chi connectivity index (χ4v) is 1.84. The number of hydrogen-bond acceptors (Lipinski definition) is 2. The molecule has 0 aromatic heterocycles. The molecule has 17 heavy (non-hydrogen) atoms. The predicted octanol–water partition coefficient (Wildman–Crippen LogP) is 3.76. The molecule has 0 aliphatic heterocycles. The van der Waals surface area contributed by atoms with E-state index in [-0.39, 0.29) is 0 Å². The van der Waals surface area contributed by atoms with E-state index in [1.165, 1.54) is 9.13 Å². The van der Waals surface area contributed by atoms with Crippen molar-refractivity contribution in [1.29, 1.82) is 0 Å². The van der Waals surface area contributed by atoms with Gasteiger partial charge in [0.15, 0.2) is 0 Å². The molecule has 3 heteroatoms. The number of nitrogens with two attached hydrogens (primary N) is 1. The maximum absolute atomic E-state index is 5.76. The van der Waals surface area contributed by atoms with Crippen LogP contribution in [0, 0.1) is 10.5 Å². The Balaban J connectivity index is 2.02. The quantitative estimate of drug-likeness (QED) is 0.683.